The molecule has 1 aromatic heterocycles. The summed E-state index contributed by atoms with van der Waals surface area (Å²) < 4.78 is 5.42. The number of aromatic nitrogens is 1. The lowest BCUT2D eigenvalue weighted by atomic mass is 10.1. The summed E-state index contributed by atoms with van der Waals surface area (Å²) in [5, 5.41) is 4.79. The molecule has 0 aliphatic carbocycles. The second kappa shape index (κ2) is 7.64. The van der Waals surface area contributed by atoms with Crippen molar-refractivity contribution < 1.29 is 4.74 Å². The first-order valence-corrected chi connectivity index (χ1v) is 8.89. The third kappa shape index (κ3) is 3.81. The minimum absolute atomic E-state index is 0.844. The van der Waals surface area contributed by atoms with E-state index in [2.05, 4.69) is 58.7 Å². The molecule has 2 aromatic carbocycles. The van der Waals surface area contributed by atoms with Crippen LogP contribution in [0, 0.1) is 0 Å². The Morgan fingerprint density at radius 3 is 2.56 bits per heavy atom. The summed E-state index contributed by atoms with van der Waals surface area (Å²) >= 11 is 0. The van der Waals surface area contributed by atoms with E-state index >= 15 is 0 Å². The van der Waals surface area contributed by atoms with E-state index in [0.717, 1.165) is 61.9 Å². The molecule has 4 rings (SSSR count). The maximum Gasteiger partial charge on any atom is 0.0730 e. The van der Waals surface area contributed by atoms with Crippen LogP contribution in [0.4, 0.5) is 5.69 Å². The molecule has 0 spiro atoms. The predicted molar refractivity (Wildman–Crippen MR) is 103 cm³/mol. The van der Waals surface area contributed by atoms with E-state index in [-0.39, 0.29) is 0 Å². The molecule has 0 radical (unpaired) electrons. The van der Waals surface area contributed by atoms with E-state index < -0.39 is 0 Å². The molecule has 25 heavy (non-hydrogen) atoms. The Morgan fingerprint density at radius 2 is 1.72 bits per heavy atom. The molecule has 1 saturated heterocycles. The number of nitrogens with zero attached hydrogens (tertiary/aromatic N) is 2. The minimum atomic E-state index is 0.844. The molecule has 4 nitrogen and oxygen atoms in total. The van der Waals surface area contributed by atoms with Crippen LogP contribution in [0.2, 0.25) is 0 Å². The summed E-state index contributed by atoms with van der Waals surface area (Å²) in [7, 11) is 0. The number of pyridine rings is 1. The highest BCUT2D eigenvalue weighted by Crippen LogP contribution is 2.28. The molecule has 4 heteroatoms. The number of nitrogens with one attached hydrogen (secondary N) is 1. The van der Waals surface area contributed by atoms with Gasteiger partial charge in [0.1, 0.15) is 0 Å². The van der Waals surface area contributed by atoms with E-state index in [1.807, 2.05) is 12.1 Å². The van der Waals surface area contributed by atoms with Gasteiger partial charge in [-0.1, -0.05) is 48.5 Å². The first-order chi connectivity index (χ1) is 12.4. The molecule has 0 bridgehead atoms. The SMILES string of the molecule is c1ccc(-c2cc(NCCN3CCOCC3)c3ccccc3n2)cc1. The van der Waals surface area contributed by atoms with E-state index in [1.54, 1.807) is 0 Å². The van der Waals surface area contributed by atoms with Crippen molar-refractivity contribution in [3.63, 3.8) is 0 Å². The van der Waals surface area contributed by atoms with Gasteiger partial charge in [-0.05, 0) is 12.1 Å². The van der Waals surface area contributed by atoms with Crippen molar-refractivity contribution in [3.05, 3.63) is 60.7 Å². The maximum absolute atomic E-state index is 5.42. The lowest BCUT2D eigenvalue weighted by Crippen LogP contribution is -2.39. The van der Waals surface area contributed by atoms with Crippen LogP contribution < -0.4 is 5.32 Å². The Balaban J connectivity index is 1.58. The third-order valence-electron chi connectivity index (χ3n) is 4.63. The maximum atomic E-state index is 5.42. The summed E-state index contributed by atoms with van der Waals surface area (Å²) in [6.45, 7) is 5.68. The normalized spacial score (nSPS) is 15.4. The summed E-state index contributed by atoms with van der Waals surface area (Å²) in [4.78, 5) is 7.28. The zero-order valence-electron chi connectivity index (χ0n) is 14.3. The van der Waals surface area contributed by atoms with Gasteiger partial charge in [0.05, 0.1) is 24.4 Å². The fraction of sp³-hybridized carbons (Fsp3) is 0.286. The van der Waals surface area contributed by atoms with Crippen molar-refractivity contribution in [2.75, 3.05) is 44.7 Å². The highest BCUT2D eigenvalue weighted by atomic mass is 16.5. The molecule has 0 amide bonds. The van der Waals surface area contributed by atoms with Gasteiger partial charge in [-0.3, -0.25) is 4.90 Å². The topological polar surface area (TPSA) is 37.4 Å². The number of ether oxygens (including phenoxy) is 1. The van der Waals surface area contributed by atoms with Crippen LogP contribution in [-0.4, -0.2) is 49.3 Å². The predicted octanol–water partition coefficient (Wildman–Crippen LogP) is 3.65. The van der Waals surface area contributed by atoms with Gasteiger partial charge in [0.25, 0.3) is 0 Å². The standard InChI is InChI=1S/C21H23N3O/c1-2-6-17(7-3-1)20-16-21(18-8-4-5-9-19(18)23-20)22-10-11-24-12-14-25-15-13-24/h1-9,16H,10-15H2,(H,22,23). The molecule has 1 aliphatic rings. The van der Waals surface area contributed by atoms with Gasteiger partial charge in [-0.15, -0.1) is 0 Å². The Labute approximate surface area is 148 Å². The Hall–Kier alpha value is -2.43. The van der Waals surface area contributed by atoms with E-state index in [4.69, 9.17) is 9.72 Å². The van der Waals surface area contributed by atoms with Crippen molar-refractivity contribution in [2.24, 2.45) is 0 Å². The van der Waals surface area contributed by atoms with Crippen LogP contribution in [0.5, 0.6) is 0 Å². The number of morpholine rings is 1. The number of anilines is 1. The number of hydrogen-bond donors (Lipinski definition) is 1. The molecule has 1 fully saturated rings. The van der Waals surface area contributed by atoms with Crippen LogP contribution in [0.1, 0.15) is 0 Å². The fourth-order valence-electron chi connectivity index (χ4n) is 3.25. The van der Waals surface area contributed by atoms with Crippen LogP contribution in [0.25, 0.3) is 22.2 Å². The smallest absolute Gasteiger partial charge is 0.0730 e. The summed E-state index contributed by atoms with van der Waals surface area (Å²) in [5.74, 6) is 0. The monoisotopic (exact) mass is 333 g/mol. The van der Waals surface area contributed by atoms with Crippen molar-refractivity contribution in [1.29, 1.82) is 0 Å². The van der Waals surface area contributed by atoms with Gasteiger partial charge in [0.15, 0.2) is 0 Å². The van der Waals surface area contributed by atoms with Gasteiger partial charge in [-0.25, -0.2) is 4.98 Å². The molecule has 1 aliphatic heterocycles. The van der Waals surface area contributed by atoms with Gasteiger partial charge in [-0.2, -0.15) is 0 Å². The fourth-order valence-corrected chi connectivity index (χ4v) is 3.25. The van der Waals surface area contributed by atoms with Crippen LogP contribution >= 0.6 is 0 Å². The van der Waals surface area contributed by atoms with E-state index in [0.29, 0.717) is 0 Å². The molecule has 0 atom stereocenters. The number of fused-ring (bicyclic) bond motifs is 1. The van der Waals surface area contributed by atoms with Crippen LogP contribution in [-0.2, 0) is 4.74 Å². The summed E-state index contributed by atoms with van der Waals surface area (Å²) in [6, 6.07) is 20.8. The van der Waals surface area contributed by atoms with Crippen LogP contribution in [0.3, 0.4) is 0 Å². The highest BCUT2D eigenvalue weighted by molar-refractivity contribution is 5.93. The van der Waals surface area contributed by atoms with Crippen LogP contribution in [0.15, 0.2) is 60.7 Å². The van der Waals surface area contributed by atoms with Gasteiger partial charge >= 0.3 is 0 Å². The molecule has 3 aromatic rings. The largest absolute Gasteiger partial charge is 0.383 e. The molecular weight excluding hydrogens is 310 g/mol. The first kappa shape index (κ1) is 16.1. The summed E-state index contributed by atoms with van der Waals surface area (Å²) in [5.41, 5.74) is 4.33. The van der Waals surface area contributed by atoms with Gasteiger partial charge in [0, 0.05) is 42.8 Å². The number of benzene rings is 2. The zero-order valence-corrected chi connectivity index (χ0v) is 14.3. The average Bonchev–Trinajstić information content (AvgIpc) is 2.69. The lowest BCUT2D eigenvalue weighted by Gasteiger charge is -2.26. The quantitative estimate of drug-likeness (QED) is 0.773. The van der Waals surface area contributed by atoms with Gasteiger partial charge in [0.2, 0.25) is 0 Å². The Bertz CT molecular complexity index is 829. The van der Waals surface area contributed by atoms with Crippen molar-refractivity contribution in [2.45, 2.75) is 0 Å². The van der Waals surface area contributed by atoms with Crippen molar-refractivity contribution in [3.8, 4) is 11.3 Å². The highest BCUT2D eigenvalue weighted by Gasteiger charge is 2.11. The Morgan fingerprint density at radius 1 is 0.960 bits per heavy atom. The lowest BCUT2D eigenvalue weighted by molar-refractivity contribution is 0.0398. The molecule has 0 unspecified atom stereocenters. The third-order valence-corrected chi connectivity index (χ3v) is 4.63. The molecule has 128 valence electrons. The molecule has 2 heterocycles. The number of para-hydroxylation sites is 1. The van der Waals surface area contributed by atoms with Crippen molar-refractivity contribution >= 4 is 16.6 Å². The summed E-state index contributed by atoms with van der Waals surface area (Å²) in [6.07, 6.45) is 0. The second-order valence-electron chi connectivity index (χ2n) is 6.32. The number of rotatable bonds is 5. The molecule has 1 N–H and O–H groups in total. The van der Waals surface area contributed by atoms with E-state index in [9.17, 15) is 0 Å². The van der Waals surface area contributed by atoms with Crippen molar-refractivity contribution in [1.82, 2.24) is 9.88 Å². The zero-order chi connectivity index (χ0) is 16.9. The average molecular weight is 333 g/mol. The Kier molecular flexibility index (Phi) is 4.91. The number of hydrogen-bond acceptors (Lipinski definition) is 4. The van der Waals surface area contributed by atoms with E-state index in [1.165, 1.54) is 5.39 Å². The molecular formula is C21H23N3O. The first-order valence-electron chi connectivity index (χ1n) is 8.89. The van der Waals surface area contributed by atoms with Gasteiger partial charge < -0.3 is 10.1 Å². The minimum Gasteiger partial charge on any atom is -0.383 e. The second-order valence-corrected chi connectivity index (χ2v) is 6.32. The molecule has 0 saturated carbocycles.